The second kappa shape index (κ2) is 9.69. The molecule has 0 aliphatic carbocycles. The summed E-state index contributed by atoms with van der Waals surface area (Å²) in [5.74, 6) is 1.06. The maximum atomic E-state index is 5.50. The number of likely N-dealkylation sites (N-methyl/N-ethyl adjacent to an activating group) is 1. The summed E-state index contributed by atoms with van der Waals surface area (Å²) in [6, 6.07) is 5.30. The number of guanidine groups is 1. The first-order valence-electron chi connectivity index (χ1n) is 9.74. The van der Waals surface area contributed by atoms with Crippen LogP contribution in [-0.4, -0.2) is 93.3 Å². The van der Waals surface area contributed by atoms with Gasteiger partial charge in [0.05, 0.1) is 25.8 Å². The van der Waals surface area contributed by atoms with Crippen LogP contribution in [0.15, 0.2) is 22.5 Å². The van der Waals surface area contributed by atoms with Crippen molar-refractivity contribution in [2.75, 3.05) is 66.6 Å². The molecule has 2 aliphatic heterocycles. The van der Waals surface area contributed by atoms with E-state index >= 15 is 0 Å². The predicted molar refractivity (Wildman–Crippen MR) is 109 cm³/mol. The van der Waals surface area contributed by atoms with Crippen LogP contribution in [0.4, 0.5) is 0 Å². The normalized spacial score (nSPS) is 23.6. The monoisotopic (exact) mass is 379 g/mol. The minimum absolute atomic E-state index is 0.335. The fraction of sp³-hybridized carbons (Fsp3) is 0.737. The van der Waals surface area contributed by atoms with Gasteiger partial charge in [-0.1, -0.05) is 6.07 Å². The Morgan fingerprint density at radius 2 is 2.19 bits per heavy atom. The smallest absolute Gasteiger partial charge is 0.194 e. The molecule has 7 heteroatoms. The Hall–Kier alpha value is -1.15. The molecule has 2 saturated heterocycles. The van der Waals surface area contributed by atoms with Crippen molar-refractivity contribution in [1.29, 1.82) is 0 Å². The maximum absolute atomic E-state index is 5.50. The predicted octanol–water partition coefficient (Wildman–Crippen LogP) is 1.72. The fourth-order valence-electron chi connectivity index (χ4n) is 3.76. The van der Waals surface area contributed by atoms with Crippen LogP contribution in [0.3, 0.4) is 0 Å². The molecule has 2 fully saturated rings. The number of ether oxygens (including phenoxy) is 1. The van der Waals surface area contributed by atoms with Gasteiger partial charge in [-0.05, 0) is 38.9 Å². The van der Waals surface area contributed by atoms with Gasteiger partial charge in [0.1, 0.15) is 0 Å². The number of nitrogens with one attached hydrogen (secondary N) is 1. The van der Waals surface area contributed by atoms with E-state index in [1.807, 2.05) is 11.3 Å². The summed E-state index contributed by atoms with van der Waals surface area (Å²) in [7, 11) is 4.27. The molecule has 0 bridgehead atoms. The molecular formula is C19H33N5OS. The number of hydrogen-bond acceptors (Lipinski definition) is 5. The van der Waals surface area contributed by atoms with E-state index in [0.717, 1.165) is 58.4 Å². The average molecular weight is 380 g/mol. The summed E-state index contributed by atoms with van der Waals surface area (Å²) in [6.45, 7) is 9.86. The van der Waals surface area contributed by atoms with E-state index in [0.29, 0.717) is 12.1 Å². The minimum Gasteiger partial charge on any atom is -0.379 e. The molecule has 1 N–H and O–H groups in total. The highest BCUT2D eigenvalue weighted by Crippen LogP contribution is 2.24. The number of morpholine rings is 1. The fourth-order valence-corrected chi connectivity index (χ4v) is 4.68. The van der Waals surface area contributed by atoms with Crippen LogP contribution in [0.2, 0.25) is 0 Å². The first kappa shape index (κ1) is 19.6. The van der Waals surface area contributed by atoms with Crippen LogP contribution in [0.1, 0.15) is 24.3 Å². The molecule has 3 rings (SSSR count). The molecule has 0 radical (unpaired) electrons. The molecule has 1 aromatic rings. The highest BCUT2D eigenvalue weighted by atomic mass is 32.1. The molecule has 2 atom stereocenters. The summed E-state index contributed by atoms with van der Waals surface area (Å²) in [6.07, 6.45) is 1.21. The zero-order chi connectivity index (χ0) is 18.4. The van der Waals surface area contributed by atoms with E-state index < -0.39 is 0 Å². The molecular weight excluding hydrogens is 346 g/mol. The van der Waals surface area contributed by atoms with Crippen molar-refractivity contribution in [1.82, 2.24) is 20.0 Å². The lowest BCUT2D eigenvalue weighted by Crippen LogP contribution is -2.46. The molecule has 26 heavy (non-hydrogen) atoms. The van der Waals surface area contributed by atoms with Crippen molar-refractivity contribution in [3.63, 3.8) is 0 Å². The lowest BCUT2D eigenvalue weighted by molar-refractivity contribution is 0.0195. The molecule has 2 aliphatic rings. The van der Waals surface area contributed by atoms with Gasteiger partial charge in [0.25, 0.3) is 0 Å². The Morgan fingerprint density at radius 1 is 1.38 bits per heavy atom. The first-order chi connectivity index (χ1) is 12.7. The summed E-state index contributed by atoms with van der Waals surface area (Å²) in [4.78, 5) is 13.7. The quantitative estimate of drug-likeness (QED) is 0.602. The van der Waals surface area contributed by atoms with Crippen LogP contribution < -0.4 is 5.32 Å². The Balaban J connectivity index is 1.63. The van der Waals surface area contributed by atoms with Crippen molar-refractivity contribution in [2.24, 2.45) is 4.99 Å². The molecule has 0 aromatic carbocycles. The molecule has 0 amide bonds. The standard InChI is InChI=1S/C19H33N5OS/c1-4-20-19(21-14-17(22(2)3)18-6-5-13-26-18)24-8-7-16(15-24)23-9-11-25-12-10-23/h5-6,13,16-17H,4,7-12,14-15H2,1-3H3,(H,20,21). The third-order valence-corrected chi connectivity index (χ3v) is 6.24. The van der Waals surface area contributed by atoms with Crippen LogP contribution in [-0.2, 0) is 4.74 Å². The van der Waals surface area contributed by atoms with E-state index in [2.05, 4.69) is 58.5 Å². The van der Waals surface area contributed by atoms with E-state index in [-0.39, 0.29) is 0 Å². The van der Waals surface area contributed by atoms with E-state index in [9.17, 15) is 0 Å². The Morgan fingerprint density at radius 3 is 2.85 bits per heavy atom. The van der Waals surface area contributed by atoms with Crippen molar-refractivity contribution in [2.45, 2.75) is 25.4 Å². The maximum Gasteiger partial charge on any atom is 0.194 e. The lowest BCUT2D eigenvalue weighted by Gasteiger charge is -2.32. The van der Waals surface area contributed by atoms with Crippen LogP contribution in [0.5, 0.6) is 0 Å². The van der Waals surface area contributed by atoms with Crippen molar-refractivity contribution >= 4 is 17.3 Å². The van der Waals surface area contributed by atoms with Gasteiger partial charge in [-0.2, -0.15) is 0 Å². The third-order valence-electron chi connectivity index (χ3n) is 5.27. The molecule has 2 unspecified atom stereocenters. The highest BCUT2D eigenvalue weighted by Gasteiger charge is 2.30. The van der Waals surface area contributed by atoms with E-state index in [4.69, 9.17) is 9.73 Å². The van der Waals surface area contributed by atoms with Crippen LogP contribution in [0, 0.1) is 0 Å². The van der Waals surface area contributed by atoms with E-state index in [1.165, 1.54) is 11.3 Å². The molecule has 0 saturated carbocycles. The van der Waals surface area contributed by atoms with Crippen LogP contribution >= 0.6 is 11.3 Å². The second-order valence-electron chi connectivity index (χ2n) is 7.23. The Kier molecular flexibility index (Phi) is 7.31. The second-order valence-corrected chi connectivity index (χ2v) is 8.21. The number of aliphatic imine (C=N–C) groups is 1. The lowest BCUT2D eigenvalue weighted by atomic mass is 10.2. The summed E-state index contributed by atoms with van der Waals surface area (Å²) < 4.78 is 5.50. The minimum atomic E-state index is 0.335. The Bertz CT molecular complexity index is 556. The summed E-state index contributed by atoms with van der Waals surface area (Å²) in [5.41, 5.74) is 0. The number of likely N-dealkylation sites (tertiary alicyclic amines) is 1. The number of thiophene rings is 1. The van der Waals surface area contributed by atoms with Gasteiger partial charge in [0.15, 0.2) is 5.96 Å². The molecule has 146 valence electrons. The number of hydrogen-bond donors (Lipinski definition) is 1. The number of nitrogens with zero attached hydrogens (tertiary/aromatic N) is 4. The van der Waals surface area contributed by atoms with Gasteiger partial charge in [0.2, 0.25) is 0 Å². The van der Waals surface area contributed by atoms with Crippen molar-refractivity contribution in [3.05, 3.63) is 22.4 Å². The van der Waals surface area contributed by atoms with Gasteiger partial charge < -0.3 is 19.9 Å². The average Bonchev–Trinajstić information content (AvgIpc) is 3.34. The van der Waals surface area contributed by atoms with Crippen molar-refractivity contribution < 1.29 is 4.74 Å². The number of rotatable bonds is 6. The molecule has 6 nitrogen and oxygen atoms in total. The Labute approximate surface area is 161 Å². The summed E-state index contributed by atoms with van der Waals surface area (Å²) in [5, 5.41) is 5.65. The van der Waals surface area contributed by atoms with Gasteiger partial charge in [-0.25, -0.2) is 0 Å². The van der Waals surface area contributed by atoms with E-state index in [1.54, 1.807) is 0 Å². The van der Waals surface area contributed by atoms with Gasteiger partial charge in [0, 0.05) is 43.6 Å². The zero-order valence-electron chi connectivity index (χ0n) is 16.4. The van der Waals surface area contributed by atoms with Gasteiger partial charge in [-0.3, -0.25) is 9.89 Å². The largest absolute Gasteiger partial charge is 0.379 e. The molecule has 1 aromatic heterocycles. The zero-order valence-corrected chi connectivity index (χ0v) is 17.2. The third kappa shape index (κ3) is 4.97. The molecule has 3 heterocycles. The molecule has 0 spiro atoms. The van der Waals surface area contributed by atoms with Crippen LogP contribution in [0.25, 0.3) is 0 Å². The highest BCUT2D eigenvalue weighted by molar-refractivity contribution is 7.10. The topological polar surface area (TPSA) is 43.3 Å². The van der Waals surface area contributed by atoms with Gasteiger partial charge in [-0.15, -0.1) is 11.3 Å². The SMILES string of the molecule is CCNC(=NCC(c1cccs1)N(C)C)N1CCC(N2CCOCC2)C1. The summed E-state index contributed by atoms with van der Waals surface area (Å²) >= 11 is 1.81. The first-order valence-corrected chi connectivity index (χ1v) is 10.6. The van der Waals surface area contributed by atoms with Gasteiger partial charge >= 0.3 is 0 Å². The van der Waals surface area contributed by atoms with Crippen molar-refractivity contribution in [3.8, 4) is 0 Å².